The second-order valence-electron chi connectivity index (χ2n) is 7.13. The number of fused-ring (bicyclic) bond motifs is 1. The van der Waals surface area contributed by atoms with Crippen molar-refractivity contribution in [2.75, 3.05) is 31.1 Å². The molecule has 1 aromatic heterocycles. The van der Waals surface area contributed by atoms with E-state index in [1.54, 1.807) is 12.4 Å². The minimum absolute atomic E-state index is 0.0585. The summed E-state index contributed by atoms with van der Waals surface area (Å²) in [5.41, 5.74) is 0. The lowest BCUT2D eigenvalue weighted by molar-refractivity contribution is -0.154. The smallest absolute Gasteiger partial charge is 0.227 e. The summed E-state index contributed by atoms with van der Waals surface area (Å²) in [6.45, 7) is 3.10. The first kappa shape index (κ1) is 15.8. The summed E-state index contributed by atoms with van der Waals surface area (Å²) in [7, 11) is 0. The van der Waals surface area contributed by atoms with Gasteiger partial charge in [-0.3, -0.25) is 4.79 Å². The SMILES string of the molecule is O=C([C@@H]1CCCN(c2ncccn2)C1)N1CCO[C@@H]2CCCC[C@H]21. The Kier molecular flexibility index (Phi) is 4.65. The summed E-state index contributed by atoms with van der Waals surface area (Å²) >= 11 is 0. The highest BCUT2D eigenvalue weighted by atomic mass is 16.5. The van der Waals surface area contributed by atoms with Crippen LogP contribution in [0.3, 0.4) is 0 Å². The zero-order chi connectivity index (χ0) is 16.4. The van der Waals surface area contributed by atoms with Crippen LogP contribution in [0.15, 0.2) is 18.5 Å². The number of morpholine rings is 1. The highest BCUT2D eigenvalue weighted by molar-refractivity contribution is 5.80. The van der Waals surface area contributed by atoms with E-state index in [4.69, 9.17) is 4.74 Å². The fourth-order valence-electron chi connectivity index (χ4n) is 4.42. The van der Waals surface area contributed by atoms with Gasteiger partial charge in [-0.05, 0) is 31.7 Å². The number of piperidine rings is 1. The third-order valence-corrected chi connectivity index (χ3v) is 5.62. The summed E-state index contributed by atoms with van der Waals surface area (Å²) in [5.74, 6) is 1.12. The number of ether oxygens (including phenoxy) is 1. The molecule has 2 saturated heterocycles. The molecule has 4 rings (SSSR count). The second kappa shape index (κ2) is 7.05. The van der Waals surface area contributed by atoms with Gasteiger partial charge in [0.2, 0.25) is 11.9 Å². The molecule has 6 nitrogen and oxygen atoms in total. The molecule has 3 aliphatic rings. The van der Waals surface area contributed by atoms with Gasteiger partial charge >= 0.3 is 0 Å². The van der Waals surface area contributed by atoms with E-state index in [1.807, 2.05) is 6.07 Å². The lowest BCUT2D eigenvalue weighted by Gasteiger charge is -2.45. The molecule has 1 saturated carbocycles. The van der Waals surface area contributed by atoms with E-state index in [0.29, 0.717) is 18.6 Å². The largest absolute Gasteiger partial charge is 0.374 e. The quantitative estimate of drug-likeness (QED) is 0.828. The molecule has 3 atom stereocenters. The van der Waals surface area contributed by atoms with E-state index in [0.717, 1.165) is 51.3 Å². The van der Waals surface area contributed by atoms with Gasteiger partial charge in [-0.25, -0.2) is 9.97 Å². The molecule has 0 N–H and O–H groups in total. The maximum Gasteiger partial charge on any atom is 0.227 e. The zero-order valence-electron chi connectivity index (χ0n) is 14.1. The lowest BCUT2D eigenvalue weighted by Crippen LogP contribution is -2.57. The molecular formula is C18H26N4O2. The molecule has 0 spiro atoms. The average molecular weight is 330 g/mol. The summed E-state index contributed by atoms with van der Waals surface area (Å²) in [5, 5.41) is 0. The van der Waals surface area contributed by atoms with Gasteiger partial charge in [-0.1, -0.05) is 12.8 Å². The van der Waals surface area contributed by atoms with Crippen LogP contribution in [0.5, 0.6) is 0 Å². The summed E-state index contributed by atoms with van der Waals surface area (Å²) in [6.07, 6.45) is 10.4. The zero-order valence-corrected chi connectivity index (χ0v) is 14.1. The fraction of sp³-hybridized carbons (Fsp3) is 0.722. The molecule has 24 heavy (non-hydrogen) atoms. The Labute approximate surface area is 143 Å². The van der Waals surface area contributed by atoms with Gasteiger partial charge in [0.05, 0.1) is 24.7 Å². The van der Waals surface area contributed by atoms with Gasteiger partial charge in [-0.15, -0.1) is 0 Å². The van der Waals surface area contributed by atoms with Crippen LogP contribution in [-0.2, 0) is 9.53 Å². The molecule has 0 aromatic carbocycles. The van der Waals surface area contributed by atoms with E-state index in [9.17, 15) is 4.79 Å². The van der Waals surface area contributed by atoms with Crippen molar-refractivity contribution >= 4 is 11.9 Å². The van der Waals surface area contributed by atoms with Crippen LogP contribution in [0.4, 0.5) is 5.95 Å². The molecule has 3 heterocycles. The number of amides is 1. The third kappa shape index (κ3) is 3.11. The van der Waals surface area contributed by atoms with Crippen molar-refractivity contribution in [2.45, 2.75) is 50.7 Å². The van der Waals surface area contributed by atoms with Gasteiger partial charge < -0.3 is 14.5 Å². The van der Waals surface area contributed by atoms with Crippen LogP contribution in [0, 0.1) is 5.92 Å². The van der Waals surface area contributed by atoms with Crippen LogP contribution in [0.1, 0.15) is 38.5 Å². The number of rotatable bonds is 2. The highest BCUT2D eigenvalue weighted by Crippen LogP contribution is 2.31. The lowest BCUT2D eigenvalue weighted by atomic mass is 9.88. The van der Waals surface area contributed by atoms with Gasteiger partial charge in [0, 0.05) is 32.0 Å². The van der Waals surface area contributed by atoms with Gasteiger partial charge in [0.15, 0.2) is 0 Å². The molecule has 0 unspecified atom stereocenters. The minimum atomic E-state index is 0.0585. The second-order valence-corrected chi connectivity index (χ2v) is 7.13. The van der Waals surface area contributed by atoms with Crippen molar-refractivity contribution in [1.29, 1.82) is 0 Å². The number of hydrogen-bond acceptors (Lipinski definition) is 5. The van der Waals surface area contributed by atoms with Crippen LogP contribution in [0.2, 0.25) is 0 Å². The Balaban J connectivity index is 1.45. The summed E-state index contributed by atoms with van der Waals surface area (Å²) < 4.78 is 5.92. The van der Waals surface area contributed by atoms with E-state index in [1.165, 1.54) is 12.8 Å². The van der Waals surface area contributed by atoms with Crippen molar-refractivity contribution in [3.8, 4) is 0 Å². The predicted octanol–water partition coefficient (Wildman–Crippen LogP) is 1.86. The Morgan fingerprint density at radius 1 is 1.08 bits per heavy atom. The molecule has 130 valence electrons. The first-order chi connectivity index (χ1) is 11.8. The Morgan fingerprint density at radius 3 is 2.79 bits per heavy atom. The highest BCUT2D eigenvalue weighted by Gasteiger charge is 2.39. The first-order valence-electron chi connectivity index (χ1n) is 9.27. The van der Waals surface area contributed by atoms with Crippen molar-refractivity contribution in [1.82, 2.24) is 14.9 Å². The minimum Gasteiger partial charge on any atom is -0.374 e. The van der Waals surface area contributed by atoms with Crippen LogP contribution >= 0.6 is 0 Å². The maximum absolute atomic E-state index is 13.2. The molecule has 0 bridgehead atoms. The van der Waals surface area contributed by atoms with Gasteiger partial charge in [-0.2, -0.15) is 0 Å². The summed E-state index contributed by atoms with van der Waals surface area (Å²) in [6, 6.07) is 2.12. The van der Waals surface area contributed by atoms with E-state index >= 15 is 0 Å². The molecule has 1 aliphatic carbocycles. The third-order valence-electron chi connectivity index (χ3n) is 5.62. The molecule has 3 fully saturated rings. The van der Waals surface area contributed by atoms with E-state index in [-0.39, 0.29) is 12.0 Å². The van der Waals surface area contributed by atoms with Crippen molar-refractivity contribution < 1.29 is 9.53 Å². The molecule has 1 amide bonds. The monoisotopic (exact) mass is 330 g/mol. The number of aromatic nitrogens is 2. The summed E-state index contributed by atoms with van der Waals surface area (Å²) in [4.78, 5) is 26.2. The van der Waals surface area contributed by atoms with Gasteiger partial charge in [0.1, 0.15) is 0 Å². The van der Waals surface area contributed by atoms with E-state index < -0.39 is 0 Å². The Morgan fingerprint density at radius 2 is 1.92 bits per heavy atom. The molecule has 1 aromatic rings. The standard InChI is InChI=1S/C18H26N4O2/c23-17(22-11-12-24-16-7-2-1-6-15(16)22)14-5-3-10-21(13-14)18-19-8-4-9-20-18/h4,8-9,14-16H,1-3,5-7,10-13H2/t14-,15-,16-/m1/s1. The normalized spacial score (nSPS) is 30.8. The maximum atomic E-state index is 13.2. The first-order valence-corrected chi connectivity index (χ1v) is 9.27. The number of anilines is 1. The number of carbonyl (C=O) groups excluding carboxylic acids is 1. The molecular weight excluding hydrogens is 304 g/mol. The number of nitrogens with zero attached hydrogens (tertiary/aromatic N) is 4. The van der Waals surface area contributed by atoms with Crippen molar-refractivity contribution in [3.05, 3.63) is 18.5 Å². The van der Waals surface area contributed by atoms with Crippen molar-refractivity contribution in [2.24, 2.45) is 5.92 Å². The Bertz CT molecular complexity index is 565. The van der Waals surface area contributed by atoms with Crippen LogP contribution < -0.4 is 4.90 Å². The van der Waals surface area contributed by atoms with Crippen LogP contribution in [-0.4, -0.2) is 59.2 Å². The van der Waals surface area contributed by atoms with E-state index in [2.05, 4.69) is 19.8 Å². The van der Waals surface area contributed by atoms with Crippen molar-refractivity contribution in [3.63, 3.8) is 0 Å². The Hall–Kier alpha value is -1.69. The molecule has 2 aliphatic heterocycles. The number of hydrogen-bond donors (Lipinski definition) is 0. The number of carbonyl (C=O) groups is 1. The molecule has 0 radical (unpaired) electrons. The van der Waals surface area contributed by atoms with Gasteiger partial charge in [0.25, 0.3) is 0 Å². The molecule has 6 heteroatoms. The average Bonchev–Trinajstić information content (AvgIpc) is 2.68. The van der Waals surface area contributed by atoms with Crippen LogP contribution in [0.25, 0.3) is 0 Å². The topological polar surface area (TPSA) is 58.6 Å². The fourth-order valence-corrected chi connectivity index (χ4v) is 4.42. The predicted molar refractivity (Wildman–Crippen MR) is 90.7 cm³/mol.